The Hall–Kier alpha value is -0.660. The normalized spacial score (nSPS) is 26.8. The minimum atomic E-state index is -3.61. The van der Waals surface area contributed by atoms with Crippen LogP contribution in [0.1, 0.15) is 20.3 Å². The van der Waals surface area contributed by atoms with Crippen molar-refractivity contribution in [3.8, 4) is 0 Å². The van der Waals surface area contributed by atoms with Gasteiger partial charge in [0.1, 0.15) is 0 Å². The third-order valence-corrected chi connectivity index (χ3v) is 4.54. The van der Waals surface area contributed by atoms with Crippen molar-refractivity contribution in [1.82, 2.24) is 4.31 Å². The van der Waals surface area contributed by atoms with Gasteiger partial charge in [0.2, 0.25) is 10.0 Å². The Morgan fingerprint density at radius 2 is 2.18 bits per heavy atom. The predicted molar refractivity (Wildman–Crippen MR) is 61.8 cm³/mol. The topological polar surface area (TPSA) is 83.9 Å². The van der Waals surface area contributed by atoms with Crippen LogP contribution in [-0.4, -0.2) is 55.4 Å². The van der Waals surface area contributed by atoms with Gasteiger partial charge in [-0.15, -0.1) is 0 Å². The van der Waals surface area contributed by atoms with E-state index in [4.69, 9.17) is 0 Å². The van der Waals surface area contributed by atoms with E-state index in [-0.39, 0.29) is 25.6 Å². The van der Waals surface area contributed by atoms with Gasteiger partial charge in [0, 0.05) is 13.1 Å². The number of rotatable bonds is 4. The molecule has 1 N–H and O–H groups in total. The standard InChI is InChI=1S/C10H19NO5S/c1-3-16-10(13)7-17(14,15)11-5-4-9(12)8(2)6-11/h8-9,12H,3-7H2,1-2H3. The molecule has 1 heterocycles. The summed E-state index contributed by atoms with van der Waals surface area (Å²) < 4.78 is 29.6. The van der Waals surface area contributed by atoms with Crippen LogP contribution in [0.4, 0.5) is 0 Å². The van der Waals surface area contributed by atoms with Gasteiger partial charge in [-0.3, -0.25) is 4.79 Å². The van der Waals surface area contributed by atoms with Crippen LogP contribution < -0.4 is 0 Å². The number of hydrogen-bond acceptors (Lipinski definition) is 5. The number of nitrogens with zero attached hydrogens (tertiary/aromatic N) is 1. The number of aliphatic hydroxyl groups excluding tert-OH is 1. The van der Waals surface area contributed by atoms with Crippen LogP contribution in [0.2, 0.25) is 0 Å². The molecule has 6 nitrogen and oxygen atoms in total. The fourth-order valence-electron chi connectivity index (χ4n) is 1.79. The summed E-state index contributed by atoms with van der Waals surface area (Å²) in [4.78, 5) is 11.2. The Morgan fingerprint density at radius 3 is 2.71 bits per heavy atom. The maximum atomic E-state index is 11.9. The summed E-state index contributed by atoms with van der Waals surface area (Å²) in [6.07, 6.45) is -0.0625. The van der Waals surface area contributed by atoms with E-state index in [9.17, 15) is 18.3 Å². The van der Waals surface area contributed by atoms with Gasteiger partial charge in [0.15, 0.2) is 5.75 Å². The van der Waals surface area contributed by atoms with E-state index in [0.29, 0.717) is 6.42 Å². The quantitative estimate of drug-likeness (QED) is 0.698. The van der Waals surface area contributed by atoms with E-state index in [0.717, 1.165) is 0 Å². The number of ether oxygens (including phenoxy) is 1. The minimum absolute atomic E-state index is 0.110. The Bertz CT molecular complexity index is 367. The number of carbonyl (C=O) groups is 1. The molecule has 1 rings (SSSR count). The molecule has 0 aromatic carbocycles. The van der Waals surface area contributed by atoms with E-state index in [1.54, 1.807) is 13.8 Å². The van der Waals surface area contributed by atoms with E-state index >= 15 is 0 Å². The lowest BCUT2D eigenvalue weighted by Gasteiger charge is -2.33. The Labute approximate surface area is 102 Å². The molecule has 0 aliphatic carbocycles. The molecule has 0 radical (unpaired) electrons. The molecular formula is C10H19NO5S. The van der Waals surface area contributed by atoms with E-state index in [1.807, 2.05) is 0 Å². The van der Waals surface area contributed by atoms with Gasteiger partial charge < -0.3 is 9.84 Å². The number of esters is 1. The van der Waals surface area contributed by atoms with Crippen molar-refractivity contribution in [3.05, 3.63) is 0 Å². The first kappa shape index (κ1) is 14.4. The van der Waals surface area contributed by atoms with E-state index < -0.39 is 27.8 Å². The second kappa shape index (κ2) is 5.79. The fraction of sp³-hybridized carbons (Fsp3) is 0.900. The van der Waals surface area contributed by atoms with Crippen LogP contribution in [0.15, 0.2) is 0 Å². The molecule has 1 aliphatic rings. The summed E-state index contributed by atoms with van der Waals surface area (Å²) >= 11 is 0. The molecule has 1 fully saturated rings. The van der Waals surface area contributed by atoms with Crippen molar-refractivity contribution in [3.63, 3.8) is 0 Å². The molecule has 0 aromatic heterocycles. The van der Waals surface area contributed by atoms with Crippen LogP contribution in [0.3, 0.4) is 0 Å². The van der Waals surface area contributed by atoms with Crippen LogP contribution in [-0.2, 0) is 19.6 Å². The first-order valence-corrected chi connectivity index (χ1v) is 7.29. The highest BCUT2D eigenvalue weighted by molar-refractivity contribution is 7.89. The molecule has 1 aliphatic heterocycles. The van der Waals surface area contributed by atoms with Crippen molar-refractivity contribution >= 4 is 16.0 Å². The molecule has 2 atom stereocenters. The van der Waals surface area contributed by atoms with Crippen molar-refractivity contribution in [2.24, 2.45) is 5.92 Å². The molecule has 0 spiro atoms. The number of aliphatic hydroxyl groups is 1. The molecule has 100 valence electrons. The van der Waals surface area contributed by atoms with E-state index in [2.05, 4.69) is 4.74 Å². The van der Waals surface area contributed by atoms with Crippen molar-refractivity contribution < 1.29 is 23.1 Å². The fourth-order valence-corrected chi connectivity index (χ4v) is 3.20. The molecule has 1 saturated heterocycles. The summed E-state index contributed by atoms with van der Waals surface area (Å²) in [5.74, 6) is -1.46. The highest BCUT2D eigenvalue weighted by Crippen LogP contribution is 2.19. The monoisotopic (exact) mass is 265 g/mol. The number of piperidine rings is 1. The first-order valence-electron chi connectivity index (χ1n) is 5.68. The Morgan fingerprint density at radius 1 is 1.53 bits per heavy atom. The summed E-state index contributed by atoms with van der Waals surface area (Å²) in [7, 11) is -3.61. The van der Waals surface area contributed by atoms with Crippen molar-refractivity contribution in [1.29, 1.82) is 0 Å². The minimum Gasteiger partial charge on any atom is -0.465 e. The molecule has 0 aromatic rings. The highest BCUT2D eigenvalue weighted by atomic mass is 32.2. The van der Waals surface area contributed by atoms with Gasteiger partial charge >= 0.3 is 5.97 Å². The lowest BCUT2D eigenvalue weighted by atomic mass is 9.99. The lowest BCUT2D eigenvalue weighted by molar-refractivity contribution is -0.140. The molecule has 17 heavy (non-hydrogen) atoms. The van der Waals surface area contributed by atoms with Gasteiger partial charge in [0.25, 0.3) is 0 Å². The third kappa shape index (κ3) is 3.93. The third-order valence-electron chi connectivity index (χ3n) is 2.82. The number of hydrogen-bond donors (Lipinski definition) is 1. The van der Waals surface area contributed by atoms with Crippen LogP contribution in [0, 0.1) is 5.92 Å². The van der Waals surface area contributed by atoms with Crippen LogP contribution in [0.25, 0.3) is 0 Å². The average Bonchev–Trinajstić information content (AvgIpc) is 2.21. The number of carbonyl (C=O) groups excluding carboxylic acids is 1. The van der Waals surface area contributed by atoms with Crippen molar-refractivity contribution in [2.45, 2.75) is 26.4 Å². The zero-order valence-electron chi connectivity index (χ0n) is 10.1. The molecule has 2 unspecified atom stereocenters. The summed E-state index contributed by atoms with van der Waals surface area (Å²) in [6.45, 7) is 4.10. The summed E-state index contributed by atoms with van der Waals surface area (Å²) in [5, 5.41) is 9.51. The highest BCUT2D eigenvalue weighted by Gasteiger charge is 2.33. The molecule has 0 bridgehead atoms. The van der Waals surface area contributed by atoms with Crippen molar-refractivity contribution in [2.75, 3.05) is 25.4 Å². The first-order chi connectivity index (χ1) is 7.86. The molecule has 0 amide bonds. The molecule has 7 heteroatoms. The van der Waals surface area contributed by atoms with Gasteiger partial charge in [-0.05, 0) is 19.3 Å². The van der Waals surface area contributed by atoms with Gasteiger partial charge in [-0.2, -0.15) is 0 Å². The van der Waals surface area contributed by atoms with Gasteiger partial charge in [0.05, 0.1) is 12.7 Å². The zero-order chi connectivity index (χ0) is 13.1. The zero-order valence-corrected chi connectivity index (χ0v) is 10.9. The molecule has 0 saturated carbocycles. The maximum Gasteiger partial charge on any atom is 0.322 e. The van der Waals surface area contributed by atoms with Crippen LogP contribution >= 0.6 is 0 Å². The largest absolute Gasteiger partial charge is 0.465 e. The van der Waals surface area contributed by atoms with Gasteiger partial charge in [-0.1, -0.05) is 6.92 Å². The van der Waals surface area contributed by atoms with Crippen LogP contribution in [0.5, 0.6) is 0 Å². The van der Waals surface area contributed by atoms with E-state index in [1.165, 1.54) is 4.31 Å². The Kier molecular flexibility index (Phi) is 4.91. The molecular weight excluding hydrogens is 246 g/mol. The smallest absolute Gasteiger partial charge is 0.322 e. The predicted octanol–water partition coefficient (Wildman–Crippen LogP) is -0.418. The summed E-state index contributed by atoms with van der Waals surface area (Å²) in [6, 6.07) is 0. The summed E-state index contributed by atoms with van der Waals surface area (Å²) in [5.41, 5.74) is 0. The average molecular weight is 265 g/mol. The second-order valence-electron chi connectivity index (χ2n) is 4.25. The SMILES string of the molecule is CCOC(=O)CS(=O)(=O)N1CCC(O)C(C)C1. The number of sulfonamides is 1. The second-order valence-corrected chi connectivity index (χ2v) is 6.22. The Balaban J connectivity index is 2.62. The maximum absolute atomic E-state index is 11.9. The lowest BCUT2D eigenvalue weighted by Crippen LogP contribution is -2.46. The van der Waals surface area contributed by atoms with Gasteiger partial charge in [-0.25, -0.2) is 12.7 Å².